The molecule has 0 nitrogen and oxygen atoms in total. The molecule has 0 atom stereocenters. The second kappa shape index (κ2) is 59.3. The second-order valence-electron chi connectivity index (χ2n) is 9.52. The molecule has 0 heterocycles. The Morgan fingerprint density at radius 3 is 0.234 bits per heavy atom. The van der Waals surface area contributed by atoms with Crippen LogP contribution in [0.5, 0.6) is 0 Å². The Morgan fingerprint density at radius 2 is 0.169 bits per heavy atom. The van der Waals surface area contributed by atoms with Crippen LogP contribution in [0, 0.1) is 450 Å². The quantitative estimate of drug-likeness (QED) is 0.316. The standard InChI is InChI=1S/C77H4/c1-3-5-7-9-11-13-15-17-19-21-23-25-27-29-31-33-35-37-39-41-43-45-47-49-51-53-55-57-59-61-63-65-67-69-71-73-75-77-76-74-72-70-68-66-64-62-60-58-56-54-52-50-48-46-44-42-40-38-36-34-32-30-28-26-24-22-20-18-16-14-12-10-8-6-4-2/h1H,2H3. The van der Waals surface area contributed by atoms with Crippen molar-refractivity contribution in [2.24, 2.45) is 0 Å². The maximum Gasteiger partial charge on any atom is 0 e. The highest BCUT2D eigenvalue weighted by Gasteiger charge is 1.65. The van der Waals surface area contributed by atoms with Gasteiger partial charge in [-0.25, -0.2) is 0 Å². The van der Waals surface area contributed by atoms with Gasteiger partial charge in [0.05, 0.1) is 0 Å². The number of hydrogen-bond donors (Lipinski definition) is 0. The zero-order chi connectivity index (χ0) is 55.0. The lowest BCUT2D eigenvalue weighted by atomic mass is 10.4. The summed E-state index contributed by atoms with van der Waals surface area (Å²) < 4.78 is 0. The maximum absolute atomic E-state index is 4.95. The van der Waals surface area contributed by atoms with E-state index in [1.165, 1.54) is 0 Å². The van der Waals surface area contributed by atoms with Gasteiger partial charge in [0.25, 0.3) is 0 Å². The molecule has 0 saturated heterocycles. The van der Waals surface area contributed by atoms with Crippen molar-refractivity contribution in [3.05, 3.63) is 0 Å². The van der Waals surface area contributed by atoms with Crippen LogP contribution in [-0.4, -0.2) is 0 Å². The van der Waals surface area contributed by atoms with E-state index in [0.717, 1.165) is 0 Å². The van der Waals surface area contributed by atoms with Gasteiger partial charge in [0.1, 0.15) is 0 Å². The molecule has 0 unspecified atom stereocenters. The summed E-state index contributed by atoms with van der Waals surface area (Å²) in [5.41, 5.74) is 0. The van der Waals surface area contributed by atoms with Crippen LogP contribution < -0.4 is 0 Å². The Balaban J connectivity index is 4.61. The number of hydrogen-bond acceptors (Lipinski definition) is 0. The Bertz CT molecular complexity index is 5160. The molecule has 0 N–H and O–H groups in total. The fraction of sp³-hybridized carbons (Fsp3) is 0.0130. The molecular formula is C77H4. The smallest absolute Gasteiger partial charge is 0 e. The zero-order valence-corrected chi connectivity index (χ0v) is 39.1. The van der Waals surface area contributed by atoms with Gasteiger partial charge < -0.3 is 0 Å². The SMILES string of the molecule is C#CC#CC#CC#CC#CC#CC#CC#CC#CC#CC#CC#CC#CC#CC#CC#CC#CC#CC#CC#CC#CC#CC#CC#CC#CC#CC#CC#CC#CC#CC#CC#CC#CC#CC#CC#CC#CC#CC. The van der Waals surface area contributed by atoms with E-state index in [2.05, 4.69) is 444 Å². The van der Waals surface area contributed by atoms with Gasteiger partial charge in [-0.1, -0.05) is 5.92 Å². The van der Waals surface area contributed by atoms with Crippen LogP contribution in [-0.2, 0) is 0 Å². The van der Waals surface area contributed by atoms with Crippen molar-refractivity contribution in [3.63, 3.8) is 0 Å². The molecule has 0 saturated carbocycles. The summed E-state index contributed by atoms with van der Waals surface area (Å²) in [6.07, 6.45) is 4.95. The lowest BCUT2D eigenvalue weighted by molar-refractivity contribution is 1.92. The van der Waals surface area contributed by atoms with Crippen LogP contribution in [0.2, 0.25) is 0 Å². The average Bonchev–Trinajstić information content (AvgIpc) is 3.44. The fourth-order valence-electron chi connectivity index (χ4n) is 2.32. The van der Waals surface area contributed by atoms with E-state index >= 15 is 0 Å². The minimum absolute atomic E-state index is 1.68. The van der Waals surface area contributed by atoms with Crippen LogP contribution in [0.25, 0.3) is 0 Å². The Morgan fingerprint density at radius 1 is 0.104 bits per heavy atom. The highest BCUT2D eigenvalue weighted by Crippen LogP contribution is 1.65. The van der Waals surface area contributed by atoms with E-state index in [4.69, 9.17) is 6.42 Å². The zero-order valence-electron chi connectivity index (χ0n) is 39.1. The van der Waals surface area contributed by atoms with Crippen molar-refractivity contribution in [3.8, 4) is 450 Å². The van der Waals surface area contributed by atoms with Gasteiger partial charge in [-0.05, 0) is 102 Å². The molecule has 0 aliphatic heterocycles. The predicted molar refractivity (Wildman–Crippen MR) is 302 cm³/mol. The largest absolute Gasteiger partial charge is 0.106 e. The van der Waals surface area contributed by atoms with Crippen molar-refractivity contribution in [2.75, 3.05) is 0 Å². The third kappa shape index (κ3) is 59.3. The third-order valence-electron chi connectivity index (χ3n) is 4.70. The van der Waals surface area contributed by atoms with Crippen molar-refractivity contribution < 1.29 is 0 Å². The first-order valence-electron chi connectivity index (χ1n) is 19.3. The topological polar surface area (TPSA) is 0 Å². The molecule has 77 heavy (non-hydrogen) atoms. The number of terminal acetylenes is 1. The van der Waals surface area contributed by atoms with Crippen molar-refractivity contribution in [1.29, 1.82) is 0 Å². The third-order valence-corrected chi connectivity index (χ3v) is 4.70. The minimum atomic E-state index is 1.68. The lowest BCUT2D eigenvalue weighted by Gasteiger charge is -1.58. The van der Waals surface area contributed by atoms with Gasteiger partial charge >= 0.3 is 0 Å². The van der Waals surface area contributed by atoms with E-state index in [9.17, 15) is 0 Å². The Hall–Kier alpha value is -16.7. The van der Waals surface area contributed by atoms with Crippen molar-refractivity contribution >= 4 is 0 Å². The molecule has 312 valence electrons. The molecule has 0 aromatic heterocycles. The molecule has 0 spiro atoms. The molecule has 0 amide bonds. The highest BCUT2D eigenvalue weighted by atomic mass is 13.7. The molecule has 0 fully saturated rings. The molecule has 0 rings (SSSR count). The first kappa shape index (κ1) is 60.3. The first-order valence-corrected chi connectivity index (χ1v) is 19.3. The number of rotatable bonds is 0. The Kier molecular flexibility index (Phi) is 46.4. The first-order chi connectivity index (χ1) is 38.4. The summed E-state index contributed by atoms with van der Waals surface area (Å²) >= 11 is 0. The summed E-state index contributed by atoms with van der Waals surface area (Å²) in [5, 5.41) is 0. The average molecular weight is 929 g/mol. The van der Waals surface area contributed by atoms with Gasteiger partial charge in [-0.2, -0.15) is 0 Å². The Labute approximate surface area is 454 Å². The van der Waals surface area contributed by atoms with Gasteiger partial charge in [0, 0.05) is 343 Å². The molecule has 0 aromatic carbocycles. The van der Waals surface area contributed by atoms with Crippen molar-refractivity contribution in [2.45, 2.75) is 6.92 Å². The monoisotopic (exact) mass is 928 g/mol. The summed E-state index contributed by atoms with van der Waals surface area (Å²) in [4.78, 5) is 0. The van der Waals surface area contributed by atoms with Crippen LogP contribution in [0.1, 0.15) is 6.92 Å². The highest BCUT2D eigenvalue weighted by molar-refractivity contribution is 5.53. The summed E-state index contributed by atoms with van der Waals surface area (Å²) in [5.74, 6) is 187. The molecular weight excluding hydrogens is 925 g/mol. The van der Waals surface area contributed by atoms with E-state index in [1.807, 2.05) is 0 Å². The van der Waals surface area contributed by atoms with E-state index in [-0.39, 0.29) is 0 Å². The van der Waals surface area contributed by atoms with E-state index in [0.29, 0.717) is 0 Å². The van der Waals surface area contributed by atoms with Crippen LogP contribution in [0.15, 0.2) is 0 Å². The minimum Gasteiger partial charge on any atom is -0.106 e. The maximum atomic E-state index is 4.95. The van der Waals surface area contributed by atoms with Crippen LogP contribution >= 0.6 is 0 Å². The summed E-state index contributed by atoms with van der Waals surface area (Å²) in [6.45, 7) is 1.68. The predicted octanol–water partition coefficient (Wildman–Crippen LogP) is 0.765. The van der Waals surface area contributed by atoms with Gasteiger partial charge in [0.2, 0.25) is 0 Å². The normalized spacial score (nSPS) is 3.95. The molecule has 0 aliphatic rings. The van der Waals surface area contributed by atoms with Gasteiger partial charge in [-0.3, -0.25) is 0 Å². The molecule has 0 aromatic rings. The van der Waals surface area contributed by atoms with E-state index < -0.39 is 0 Å². The second-order valence-corrected chi connectivity index (χ2v) is 9.52. The van der Waals surface area contributed by atoms with Crippen LogP contribution in [0.3, 0.4) is 0 Å². The molecule has 0 aliphatic carbocycles. The molecule has 0 bridgehead atoms. The lowest BCUT2D eigenvalue weighted by Crippen LogP contribution is -1.57. The fourth-order valence-corrected chi connectivity index (χ4v) is 2.32. The van der Waals surface area contributed by atoms with Crippen LogP contribution in [0.4, 0.5) is 0 Å². The molecule has 0 heteroatoms. The van der Waals surface area contributed by atoms with Gasteiger partial charge in [-0.15, -0.1) is 6.42 Å². The van der Waals surface area contributed by atoms with Crippen molar-refractivity contribution in [1.82, 2.24) is 0 Å². The van der Waals surface area contributed by atoms with E-state index in [1.54, 1.807) is 6.92 Å². The summed E-state index contributed by atoms with van der Waals surface area (Å²) in [6, 6.07) is 0. The summed E-state index contributed by atoms with van der Waals surface area (Å²) in [7, 11) is 0. The molecule has 0 radical (unpaired) electrons. The van der Waals surface area contributed by atoms with Gasteiger partial charge in [0.15, 0.2) is 0 Å².